The molecule has 1 aromatic carbocycles. The number of aryl methyl sites for hydroxylation is 1. The molecule has 0 aliphatic rings. The number of nitrogens with one attached hydrogen (secondary N) is 2. The van der Waals surface area contributed by atoms with E-state index in [0.717, 1.165) is 12.4 Å². The van der Waals surface area contributed by atoms with E-state index in [9.17, 15) is 18.0 Å². The summed E-state index contributed by atoms with van der Waals surface area (Å²) in [6.07, 6.45) is -0.180. The number of carbonyl (C=O) groups excluding carboxylic acids is 1. The highest BCUT2D eigenvalue weighted by molar-refractivity contribution is 5.97. The number of rotatable bonds is 6. The Morgan fingerprint density at radius 1 is 1.33 bits per heavy atom. The number of amides is 1. The lowest BCUT2D eigenvalue weighted by Gasteiger charge is -2.10. The van der Waals surface area contributed by atoms with Crippen molar-refractivity contribution in [3.8, 4) is 0 Å². The van der Waals surface area contributed by atoms with Gasteiger partial charge in [0, 0.05) is 37.0 Å². The largest absolute Gasteiger partial charge is 0.449 e. The van der Waals surface area contributed by atoms with Crippen molar-refractivity contribution < 1.29 is 18.0 Å². The Kier molecular flexibility index (Phi) is 5.20. The van der Waals surface area contributed by atoms with Gasteiger partial charge in [0.05, 0.1) is 11.0 Å². The molecule has 144 valence electrons. The molecule has 2 N–H and O–H groups in total. The number of carbonyl (C=O) groups is 1. The number of aromatic nitrogens is 4. The van der Waals surface area contributed by atoms with Crippen molar-refractivity contribution in [2.75, 3.05) is 6.54 Å². The molecule has 0 aliphatic heterocycles. The Bertz CT molecular complexity index is 942. The average molecular weight is 379 g/mol. The minimum Gasteiger partial charge on any atom is -0.352 e. The molecule has 2 aromatic heterocycles. The van der Waals surface area contributed by atoms with Crippen LogP contribution in [0, 0.1) is 0 Å². The molecule has 6 nitrogen and oxygen atoms in total. The number of halogens is 3. The number of H-pyrrole nitrogens is 1. The zero-order chi connectivity index (χ0) is 19.6. The number of benzene rings is 1. The first-order valence-electron chi connectivity index (χ1n) is 8.62. The van der Waals surface area contributed by atoms with Crippen LogP contribution >= 0.6 is 0 Å². The number of alkyl halides is 3. The van der Waals surface area contributed by atoms with Crippen LogP contribution in [0.3, 0.4) is 0 Å². The Morgan fingerprint density at radius 3 is 2.81 bits per heavy atom. The summed E-state index contributed by atoms with van der Waals surface area (Å²) in [7, 11) is 0. The number of aromatic amines is 1. The summed E-state index contributed by atoms with van der Waals surface area (Å²) in [6, 6.07) is 4.24. The molecule has 0 bridgehead atoms. The first-order chi connectivity index (χ1) is 12.8. The van der Waals surface area contributed by atoms with Gasteiger partial charge < -0.3 is 14.9 Å². The van der Waals surface area contributed by atoms with Crippen LogP contribution in [0.5, 0.6) is 0 Å². The summed E-state index contributed by atoms with van der Waals surface area (Å²) in [4.78, 5) is 22.2. The molecule has 1 amide bonds. The van der Waals surface area contributed by atoms with E-state index in [0.29, 0.717) is 18.9 Å². The fourth-order valence-corrected chi connectivity index (χ4v) is 2.85. The fourth-order valence-electron chi connectivity index (χ4n) is 2.85. The minimum absolute atomic E-state index is 0.167. The normalized spacial score (nSPS) is 12.1. The molecular formula is C18H20F3N5O. The highest BCUT2D eigenvalue weighted by Crippen LogP contribution is 2.28. The molecule has 3 aromatic rings. The van der Waals surface area contributed by atoms with Crippen LogP contribution < -0.4 is 5.32 Å². The summed E-state index contributed by atoms with van der Waals surface area (Å²) in [5, 5.41) is 2.78. The molecule has 0 unspecified atom stereocenters. The molecule has 2 heterocycles. The zero-order valence-corrected chi connectivity index (χ0v) is 15.0. The molecule has 0 aliphatic carbocycles. The van der Waals surface area contributed by atoms with Gasteiger partial charge in [0.1, 0.15) is 5.82 Å². The van der Waals surface area contributed by atoms with Crippen molar-refractivity contribution in [2.24, 2.45) is 0 Å². The average Bonchev–Trinajstić information content (AvgIpc) is 3.24. The number of nitrogens with zero attached hydrogens (tertiary/aromatic N) is 3. The van der Waals surface area contributed by atoms with Gasteiger partial charge in [-0.05, 0) is 24.6 Å². The standard InChI is InChI=1S/C18H20F3N5O/c1-11(2)15-22-7-9-26(15)8-3-6-23-16(27)12-4-5-13-14(10-12)25-17(24-13)18(19,20)21/h4-5,7,9-11H,3,6,8H2,1-2H3,(H,23,27)(H,24,25). The van der Waals surface area contributed by atoms with Crippen LogP contribution in [-0.4, -0.2) is 32.0 Å². The molecule has 27 heavy (non-hydrogen) atoms. The third-order valence-corrected chi connectivity index (χ3v) is 4.14. The first kappa shape index (κ1) is 18.9. The predicted molar refractivity (Wildman–Crippen MR) is 94.4 cm³/mol. The minimum atomic E-state index is -4.55. The fraction of sp³-hybridized carbons (Fsp3) is 0.389. The monoisotopic (exact) mass is 379 g/mol. The zero-order valence-electron chi connectivity index (χ0n) is 15.0. The molecule has 0 saturated carbocycles. The van der Waals surface area contributed by atoms with Crippen molar-refractivity contribution in [1.82, 2.24) is 24.8 Å². The van der Waals surface area contributed by atoms with E-state index in [4.69, 9.17) is 0 Å². The molecule has 0 spiro atoms. The highest BCUT2D eigenvalue weighted by Gasteiger charge is 2.34. The first-order valence-corrected chi connectivity index (χ1v) is 8.62. The lowest BCUT2D eigenvalue weighted by molar-refractivity contribution is -0.144. The maximum absolute atomic E-state index is 12.7. The summed E-state index contributed by atoms with van der Waals surface area (Å²) >= 11 is 0. The Morgan fingerprint density at radius 2 is 2.11 bits per heavy atom. The predicted octanol–water partition coefficient (Wildman–Crippen LogP) is 3.72. The van der Waals surface area contributed by atoms with Crippen LogP contribution in [0.25, 0.3) is 11.0 Å². The number of imidazole rings is 2. The summed E-state index contributed by atoms with van der Waals surface area (Å²) in [5.74, 6) is -0.102. The lowest BCUT2D eigenvalue weighted by Crippen LogP contribution is -2.25. The second-order valence-corrected chi connectivity index (χ2v) is 6.56. The summed E-state index contributed by atoms with van der Waals surface area (Å²) in [5.41, 5.74) is 0.625. The molecule has 0 saturated heterocycles. The van der Waals surface area contributed by atoms with Gasteiger partial charge in [-0.25, -0.2) is 9.97 Å². The van der Waals surface area contributed by atoms with Gasteiger partial charge in [-0.15, -0.1) is 0 Å². The van der Waals surface area contributed by atoms with Crippen molar-refractivity contribution in [2.45, 2.75) is 38.9 Å². The van der Waals surface area contributed by atoms with Crippen LogP contribution in [0.2, 0.25) is 0 Å². The van der Waals surface area contributed by atoms with Gasteiger partial charge in [-0.3, -0.25) is 4.79 Å². The van der Waals surface area contributed by atoms with Crippen LogP contribution in [0.1, 0.15) is 48.2 Å². The smallest absolute Gasteiger partial charge is 0.352 e. The van der Waals surface area contributed by atoms with Gasteiger partial charge in [0.25, 0.3) is 5.91 Å². The molecule has 9 heteroatoms. The third kappa shape index (κ3) is 4.29. The van der Waals surface area contributed by atoms with Crippen LogP contribution in [-0.2, 0) is 12.7 Å². The van der Waals surface area contributed by atoms with E-state index in [1.54, 1.807) is 6.20 Å². The Hall–Kier alpha value is -2.84. The molecule has 0 radical (unpaired) electrons. The highest BCUT2D eigenvalue weighted by atomic mass is 19.4. The second-order valence-electron chi connectivity index (χ2n) is 6.56. The van der Waals surface area contributed by atoms with Crippen molar-refractivity contribution in [1.29, 1.82) is 0 Å². The summed E-state index contributed by atoms with van der Waals surface area (Å²) in [6.45, 7) is 5.30. The second kappa shape index (κ2) is 7.42. The Balaban J connectivity index is 1.58. The lowest BCUT2D eigenvalue weighted by atomic mass is 10.2. The van der Waals surface area contributed by atoms with Crippen molar-refractivity contribution in [3.05, 3.63) is 47.8 Å². The topological polar surface area (TPSA) is 75.6 Å². The molecular weight excluding hydrogens is 359 g/mol. The van der Waals surface area contributed by atoms with E-state index in [1.165, 1.54) is 18.2 Å². The van der Waals surface area contributed by atoms with Gasteiger partial charge in [0.15, 0.2) is 0 Å². The molecule has 0 atom stereocenters. The van der Waals surface area contributed by atoms with E-state index in [2.05, 4.69) is 34.1 Å². The Labute approximate surface area is 153 Å². The molecule has 3 rings (SSSR count). The van der Waals surface area contributed by atoms with E-state index < -0.39 is 12.0 Å². The third-order valence-electron chi connectivity index (χ3n) is 4.14. The summed E-state index contributed by atoms with van der Waals surface area (Å²) < 4.78 is 40.2. The van der Waals surface area contributed by atoms with E-state index >= 15 is 0 Å². The number of hydrogen-bond donors (Lipinski definition) is 2. The van der Waals surface area contributed by atoms with Crippen LogP contribution in [0.4, 0.5) is 13.2 Å². The maximum Gasteiger partial charge on any atom is 0.449 e. The SMILES string of the molecule is CC(C)c1nccn1CCCNC(=O)c1ccc2nc(C(F)(F)F)[nH]c2c1. The van der Waals surface area contributed by atoms with E-state index in [-0.39, 0.29) is 22.5 Å². The van der Waals surface area contributed by atoms with Crippen molar-refractivity contribution >= 4 is 16.9 Å². The number of hydrogen-bond acceptors (Lipinski definition) is 3. The molecule has 0 fully saturated rings. The van der Waals surface area contributed by atoms with Crippen LogP contribution in [0.15, 0.2) is 30.6 Å². The number of fused-ring (bicyclic) bond motifs is 1. The van der Waals surface area contributed by atoms with Gasteiger partial charge in [-0.2, -0.15) is 13.2 Å². The van der Waals surface area contributed by atoms with Crippen molar-refractivity contribution in [3.63, 3.8) is 0 Å². The quantitative estimate of drug-likeness (QED) is 0.641. The van der Waals surface area contributed by atoms with E-state index in [1.807, 2.05) is 10.8 Å². The van der Waals surface area contributed by atoms with Gasteiger partial charge in [-0.1, -0.05) is 13.8 Å². The van der Waals surface area contributed by atoms with Gasteiger partial charge in [0.2, 0.25) is 5.82 Å². The maximum atomic E-state index is 12.7. The van der Waals surface area contributed by atoms with Gasteiger partial charge >= 0.3 is 6.18 Å².